The number of fused-ring (bicyclic) bond motifs is 1. The minimum Gasteiger partial charge on any atom is -0.349 e. The van der Waals surface area contributed by atoms with Crippen LogP contribution in [0.3, 0.4) is 0 Å². The Hall–Kier alpha value is -2.25. The fraction of sp³-hybridized carbons (Fsp3) is 0.450. The van der Waals surface area contributed by atoms with Crippen molar-refractivity contribution < 1.29 is 9.32 Å². The molecule has 1 aliphatic rings. The molecule has 6 nitrogen and oxygen atoms in total. The largest absolute Gasteiger partial charge is 0.349 e. The molecule has 0 atom stereocenters. The molecule has 1 amide bonds. The summed E-state index contributed by atoms with van der Waals surface area (Å²) in [6.45, 7) is 5.97. The van der Waals surface area contributed by atoms with E-state index in [-0.39, 0.29) is 18.0 Å². The normalized spacial score (nSPS) is 20.1. The average Bonchev–Trinajstić information content (AvgIpc) is 3.18. The van der Waals surface area contributed by atoms with Crippen LogP contribution < -0.4 is 11.1 Å². The van der Waals surface area contributed by atoms with Crippen molar-refractivity contribution in [3.63, 3.8) is 0 Å². The van der Waals surface area contributed by atoms with Crippen LogP contribution >= 0.6 is 11.3 Å². The first kappa shape index (κ1) is 18.1. The van der Waals surface area contributed by atoms with Gasteiger partial charge >= 0.3 is 0 Å². The summed E-state index contributed by atoms with van der Waals surface area (Å²) >= 11 is 1.72. The Morgan fingerprint density at radius 2 is 1.96 bits per heavy atom. The number of carbonyl (C=O) groups excluding carboxylic acids is 1. The number of hydrogen-bond donors (Lipinski definition) is 2. The van der Waals surface area contributed by atoms with Gasteiger partial charge in [-0.1, -0.05) is 5.16 Å². The minimum atomic E-state index is -0.0972. The van der Waals surface area contributed by atoms with Crippen molar-refractivity contribution in [1.82, 2.24) is 15.5 Å². The van der Waals surface area contributed by atoms with Gasteiger partial charge in [-0.15, -0.1) is 11.3 Å². The molecule has 3 aromatic rings. The Morgan fingerprint density at radius 1 is 1.22 bits per heavy atom. The molecule has 1 fully saturated rings. The van der Waals surface area contributed by atoms with E-state index in [0.29, 0.717) is 22.4 Å². The summed E-state index contributed by atoms with van der Waals surface area (Å²) in [6, 6.07) is 4.38. The zero-order valence-corrected chi connectivity index (χ0v) is 16.7. The van der Waals surface area contributed by atoms with Gasteiger partial charge in [-0.05, 0) is 58.6 Å². The first-order chi connectivity index (χ1) is 12.9. The first-order valence-corrected chi connectivity index (χ1v) is 10.1. The molecule has 1 saturated carbocycles. The van der Waals surface area contributed by atoms with Gasteiger partial charge in [-0.25, -0.2) is 4.98 Å². The molecule has 0 saturated heterocycles. The van der Waals surface area contributed by atoms with Crippen LogP contribution in [0, 0.1) is 20.8 Å². The number of amides is 1. The second-order valence-corrected chi connectivity index (χ2v) is 8.88. The number of aromatic nitrogens is 2. The number of thiophene rings is 1. The summed E-state index contributed by atoms with van der Waals surface area (Å²) in [7, 11) is 0. The summed E-state index contributed by atoms with van der Waals surface area (Å²) in [6.07, 6.45) is 3.72. The highest BCUT2D eigenvalue weighted by Gasteiger charge is 2.24. The van der Waals surface area contributed by atoms with E-state index in [1.165, 1.54) is 9.75 Å². The Bertz CT molecular complexity index is 999. The minimum absolute atomic E-state index is 0.0972. The van der Waals surface area contributed by atoms with Crippen molar-refractivity contribution in [2.45, 2.75) is 58.5 Å². The summed E-state index contributed by atoms with van der Waals surface area (Å²) in [4.78, 5) is 20.1. The van der Waals surface area contributed by atoms with E-state index in [9.17, 15) is 4.79 Å². The Labute approximate surface area is 162 Å². The van der Waals surface area contributed by atoms with Crippen molar-refractivity contribution in [2.75, 3.05) is 0 Å². The quantitative estimate of drug-likeness (QED) is 0.715. The van der Waals surface area contributed by atoms with Gasteiger partial charge in [0.1, 0.15) is 0 Å². The molecule has 0 radical (unpaired) electrons. The SMILES string of the molecule is Cc1cc(-c2cc(C(=O)NC3CCC(N)CC3)c3c(C)noc3n2)c(C)s1. The predicted octanol–water partition coefficient (Wildman–Crippen LogP) is 3.88. The zero-order chi connectivity index (χ0) is 19.1. The van der Waals surface area contributed by atoms with Crippen molar-refractivity contribution in [3.05, 3.63) is 33.1 Å². The molecule has 4 rings (SSSR count). The lowest BCUT2D eigenvalue weighted by atomic mass is 9.91. The van der Waals surface area contributed by atoms with Crippen LogP contribution in [0.5, 0.6) is 0 Å². The van der Waals surface area contributed by atoms with Crippen molar-refractivity contribution in [3.8, 4) is 11.3 Å². The molecule has 0 aliphatic heterocycles. The third-order valence-electron chi connectivity index (χ3n) is 5.29. The maximum atomic E-state index is 13.1. The van der Waals surface area contributed by atoms with Crippen LogP contribution in [-0.2, 0) is 0 Å². The van der Waals surface area contributed by atoms with Crippen LogP contribution in [0.4, 0.5) is 0 Å². The van der Waals surface area contributed by atoms with Crippen LogP contribution in [0.25, 0.3) is 22.4 Å². The van der Waals surface area contributed by atoms with E-state index >= 15 is 0 Å². The van der Waals surface area contributed by atoms with E-state index in [1.807, 2.05) is 13.0 Å². The maximum Gasteiger partial charge on any atom is 0.259 e. The summed E-state index contributed by atoms with van der Waals surface area (Å²) in [5, 5.41) is 7.89. The fourth-order valence-electron chi connectivity index (χ4n) is 3.82. The van der Waals surface area contributed by atoms with E-state index in [1.54, 1.807) is 11.3 Å². The van der Waals surface area contributed by atoms with Gasteiger partial charge < -0.3 is 15.6 Å². The van der Waals surface area contributed by atoms with Gasteiger partial charge in [0.05, 0.1) is 22.3 Å². The second kappa shape index (κ2) is 7.05. The second-order valence-electron chi connectivity index (χ2n) is 7.42. The molecular weight excluding hydrogens is 360 g/mol. The summed E-state index contributed by atoms with van der Waals surface area (Å²) in [5.41, 5.74) is 9.42. The van der Waals surface area contributed by atoms with E-state index in [0.717, 1.165) is 36.9 Å². The van der Waals surface area contributed by atoms with Crippen LogP contribution in [0.2, 0.25) is 0 Å². The molecule has 3 heterocycles. The molecular formula is C20H24N4O2S. The molecule has 1 aliphatic carbocycles. The van der Waals surface area contributed by atoms with Crippen molar-refractivity contribution >= 4 is 28.3 Å². The number of hydrogen-bond acceptors (Lipinski definition) is 6. The number of rotatable bonds is 3. The van der Waals surface area contributed by atoms with Crippen LogP contribution in [0.1, 0.15) is 51.5 Å². The molecule has 0 unspecified atom stereocenters. The summed E-state index contributed by atoms with van der Waals surface area (Å²) in [5.74, 6) is -0.0972. The first-order valence-electron chi connectivity index (χ1n) is 9.33. The highest BCUT2D eigenvalue weighted by molar-refractivity contribution is 7.12. The highest BCUT2D eigenvalue weighted by atomic mass is 32.1. The van der Waals surface area contributed by atoms with E-state index in [2.05, 4.69) is 35.4 Å². The highest BCUT2D eigenvalue weighted by Crippen LogP contribution is 2.33. The number of carbonyl (C=O) groups is 1. The Kier molecular flexibility index (Phi) is 4.74. The van der Waals surface area contributed by atoms with Crippen LogP contribution in [-0.4, -0.2) is 28.1 Å². The topological polar surface area (TPSA) is 94.0 Å². The molecule has 0 bridgehead atoms. The monoisotopic (exact) mass is 384 g/mol. The zero-order valence-electron chi connectivity index (χ0n) is 15.8. The molecule has 3 N–H and O–H groups in total. The fourth-order valence-corrected chi connectivity index (χ4v) is 4.76. The third kappa shape index (κ3) is 3.49. The van der Waals surface area contributed by atoms with Gasteiger partial charge in [0.25, 0.3) is 11.6 Å². The van der Waals surface area contributed by atoms with Crippen molar-refractivity contribution in [1.29, 1.82) is 0 Å². The summed E-state index contributed by atoms with van der Waals surface area (Å²) < 4.78 is 5.40. The molecule has 0 aromatic carbocycles. The van der Waals surface area contributed by atoms with E-state index in [4.69, 9.17) is 10.3 Å². The van der Waals surface area contributed by atoms with Gasteiger partial charge in [-0.2, -0.15) is 0 Å². The smallest absolute Gasteiger partial charge is 0.259 e. The van der Waals surface area contributed by atoms with Gasteiger partial charge in [0, 0.05) is 27.4 Å². The number of pyridine rings is 1. The lowest BCUT2D eigenvalue weighted by Crippen LogP contribution is -2.40. The van der Waals surface area contributed by atoms with Crippen LogP contribution in [0.15, 0.2) is 16.7 Å². The maximum absolute atomic E-state index is 13.1. The average molecular weight is 385 g/mol. The van der Waals surface area contributed by atoms with Gasteiger partial charge in [-0.3, -0.25) is 4.79 Å². The van der Waals surface area contributed by atoms with E-state index < -0.39 is 0 Å². The molecule has 3 aromatic heterocycles. The number of nitrogens with two attached hydrogens (primary N) is 1. The lowest BCUT2D eigenvalue weighted by molar-refractivity contribution is 0.0927. The number of nitrogens with zero attached hydrogens (tertiary/aromatic N) is 2. The Balaban J connectivity index is 1.73. The Morgan fingerprint density at radius 3 is 2.63 bits per heavy atom. The number of aryl methyl sites for hydroxylation is 3. The van der Waals surface area contributed by atoms with Gasteiger partial charge in [0.15, 0.2) is 0 Å². The van der Waals surface area contributed by atoms with Gasteiger partial charge in [0.2, 0.25) is 0 Å². The number of nitrogens with one attached hydrogen (secondary N) is 1. The predicted molar refractivity (Wildman–Crippen MR) is 107 cm³/mol. The van der Waals surface area contributed by atoms with Crippen molar-refractivity contribution in [2.24, 2.45) is 5.73 Å². The standard InChI is InChI=1S/C20H24N4O2S/c1-10-8-15(12(3)27-10)17-9-16(18-11(2)24-26-20(18)23-17)19(25)22-14-6-4-13(21)5-7-14/h8-9,13-14H,4-7,21H2,1-3H3,(H,22,25). The lowest BCUT2D eigenvalue weighted by Gasteiger charge is -2.26. The molecule has 0 spiro atoms. The molecule has 27 heavy (non-hydrogen) atoms. The molecule has 142 valence electrons. The molecule has 7 heteroatoms. The third-order valence-corrected chi connectivity index (χ3v) is 6.25.